The van der Waals surface area contributed by atoms with Gasteiger partial charge in [0, 0.05) is 6.42 Å². The van der Waals surface area contributed by atoms with E-state index in [2.05, 4.69) is 0 Å². The van der Waals surface area contributed by atoms with Gasteiger partial charge in [0.05, 0.1) is 0 Å². The summed E-state index contributed by atoms with van der Waals surface area (Å²) in [6.45, 7) is 2.03. The van der Waals surface area contributed by atoms with Crippen molar-refractivity contribution in [1.29, 1.82) is 0 Å². The van der Waals surface area contributed by atoms with Crippen LogP contribution in [0.2, 0.25) is 0 Å². The van der Waals surface area contributed by atoms with Crippen LogP contribution in [0.15, 0.2) is 0 Å². The molecule has 7 nitrogen and oxygen atoms in total. The van der Waals surface area contributed by atoms with Crippen LogP contribution in [0.3, 0.4) is 0 Å². The molecule has 1 amide bonds. The van der Waals surface area contributed by atoms with Gasteiger partial charge in [-0.1, -0.05) is 13.3 Å². The molecule has 0 aliphatic rings. The van der Waals surface area contributed by atoms with Gasteiger partial charge in [0.15, 0.2) is 0 Å². The fourth-order valence-electron chi connectivity index (χ4n) is 0.351. The maximum Gasteiger partial charge on any atom is 0.394 e. The Kier molecular flexibility index (Phi) is 13.1. The molecule has 13 heavy (non-hydrogen) atoms. The van der Waals surface area contributed by atoms with Gasteiger partial charge in [-0.15, -0.1) is 0 Å². The molecular formula is C5H16N2O5S. The smallest absolute Gasteiger partial charge is 0.370 e. The van der Waals surface area contributed by atoms with E-state index in [1.54, 1.807) is 0 Å². The summed E-state index contributed by atoms with van der Waals surface area (Å²) in [5.74, 6) is -0.193. The Hall–Kier alpha value is -0.700. The second-order valence-corrected chi connectivity index (χ2v) is 2.91. The summed E-state index contributed by atoms with van der Waals surface area (Å²) < 4.78 is 31.6. The molecule has 0 saturated carbocycles. The molecule has 0 aromatic heterocycles. The Labute approximate surface area is 77.5 Å². The van der Waals surface area contributed by atoms with E-state index in [0.717, 1.165) is 12.8 Å². The minimum absolute atomic E-state index is 0. The normalized spacial score (nSPS) is 9.15. The Balaban J connectivity index is -0.000000150. The summed E-state index contributed by atoms with van der Waals surface area (Å²) in [4.78, 5) is 9.98. The Bertz CT molecular complexity index is 205. The fourth-order valence-corrected chi connectivity index (χ4v) is 0.351. The van der Waals surface area contributed by atoms with Crippen LogP contribution in [0.1, 0.15) is 26.2 Å². The topological polar surface area (TPSA) is 153 Å². The number of nitrogens with two attached hydrogens (primary N) is 1. The highest BCUT2D eigenvalue weighted by Gasteiger charge is 1.88. The van der Waals surface area contributed by atoms with Crippen LogP contribution >= 0.6 is 0 Å². The number of hydrogen-bond acceptors (Lipinski definition) is 4. The average molecular weight is 216 g/mol. The van der Waals surface area contributed by atoms with E-state index >= 15 is 0 Å². The quantitative estimate of drug-likeness (QED) is 0.493. The first-order chi connectivity index (χ1) is 5.27. The highest BCUT2D eigenvalue weighted by Crippen LogP contribution is 1.89. The van der Waals surface area contributed by atoms with Gasteiger partial charge < -0.3 is 11.9 Å². The van der Waals surface area contributed by atoms with Gasteiger partial charge in [-0.25, -0.2) is 0 Å². The van der Waals surface area contributed by atoms with Crippen LogP contribution < -0.4 is 11.9 Å². The van der Waals surface area contributed by atoms with Crippen LogP contribution in [-0.2, 0) is 15.2 Å². The molecule has 0 aliphatic carbocycles. The summed E-state index contributed by atoms with van der Waals surface area (Å²) in [5, 5.41) is 0. The highest BCUT2D eigenvalue weighted by molar-refractivity contribution is 7.79. The molecule has 0 radical (unpaired) electrons. The van der Waals surface area contributed by atoms with Crippen molar-refractivity contribution >= 4 is 16.3 Å². The molecule has 0 fully saturated rings. The number of primary amides is 1. The Morgan fingerprint density at radius 3 is 1.77 bits per heavy atom. The molecule has 0 bridgehead atoms. The number of amides is 1. The van der Waals surface area contributed by atoms with Crippen molar-refractivity contribution in [3.63, 3.8) is 0 Å². The van der Waals surface area contributed by atoms with Crippen LogP contribution in [0.4, 0.5) is 0 Å². The summed E-state index contributed by atoms with van der Waals surface area (Å²) in [7, 11) is -4.67. The predicted molar refractivity (Wildman–Crippen MR) is 47.9 cm³/mol. The van der Waals surface area contributed by atoms with Crippen molar-refractivity contribution < 1.29 is 22.3 Å². The minimum Gasteiger partial charge on any atom is -0.370 e. The van der Waals surface area contributed by atoms with E-state index in [1.807, 2.05) is 6.92 Å². The van der Waals surface area contributed by atoms with Gasteiger partial charge >= 0.3 is 10.4 Å². The molecule has 82 valence electrons. The number of unbranched alkanes of at least 4 members (excludes halogenated alkanes) is 1. The molecule has 0 rings (SSSR count). The van der Waals surface area contributed by atoms with Gasteiger partial charge in [0.2, 0.25) is 5.91 Å². The first-order valence-corrected chi connectivity index (χ1v) is 4.65. The maximum absolute atomic E-state index is 9.98. The van der Waals surface area contributed by atoms with E-state index in [1.165, 1.54) is 0 Å². The molecule has 0 atom stereocenters. The van der Waals surface area contributed by atoms with E-state index in [0.29, 0.717) is 6.42 Å². The first-order valence-electron chi connectivity index (χ1n) is 3.25. The number of hydrogen-bond donors (Lipinski definition) is 4. The largest absolute Gasteiger partial charge is 0.394 e. The van der Waals surface area contributed by atoms with E-state index < -0.39 is 10.4 Å². The van der Waals surface area contributed by atoms with Crippen LogP contribution in [0.25, 0.3) is 0 Å². The van der Waals surface area contributed by atoms with Crippen LogP contribution in [0, 0.1) is 0 Å². The number of carbonyl (C=O) groups is 1. The molecule has 0 heterocycles. The molecule has 0 aromatic carbocycles. The standard InChI is InChI=1S/C5H11NO.H3N.H2O4S/c1-2-3-4-5(6)7;;1-5(2,3)4/h2-4H2,1H3,(H2,6,7);1H3;(H2,1,2,3,4). The second-order valence-electron chi connectivity index (χ2n) is 2.02. The van der Waals surface area contributed by atoms with Crippen molar-refractivity contribution in [2.24, 2.45) is 5.73 Å². The van der Waals surface area contributed by atoms with Gasteiger partial charge in [-0.2, -0.15) is 8.42 Å². The summed E-state index contributed by atoms with van der Waals surface area (Å²) in [6, 6.07) is 0. The monoisotopic (exact) mass is 216 g/mol. The summed E-state index contributed by atoms with van der Waals surface area (Å²) in [6.07, 6.45) is 2.51. The fraction of sp³-hybridized carbons (Fsp3) is 0.800. The summed E-state index contributed by atoms with van der Waals surface area (Å²) in [5.41, 5.74) is 4.84. The molecule has 0 saturated heterocycles. The molecule has 0 unspecified atom stereocenters. The number of rotatable bonds is 3. The van der Waals surface area contributed by atoms with Crippen LogP contribution in [0.5, 0.6) is 0 Å². The second kappa shape index (κ2) is 9.39. The molecule has 7 N–H and O–H groups in total. The lowest BCUT2D eigenvalue weighted by Crippen LogP contribution is -2.09. The van der Waals surface area contributed by atoms with Crippen molar-refractivity contribution in [3.05, 3.63) is 0 Å². The molecule has 0 spiro atoms. The zero-order valence-corrected chi connectivity index (χ0v) is 8.25. The zero-order chi connectivity index (χ0) is 10.2. The Morgan fingerprint density at radius 2 is 1.69 bits per heavy atom. The molecule has 0 aromatic rings. The first kappa shape index (κ1) is 18.2. The van der Waals surface area contributed by atoms with Crippen molar-refractivity contribution in [3.8, 4) is 0 Å². The van der Waals surface area contributed by atoms with Crippen molar-refractivity contribution in [2.75, 3.05) is 0 Å². The third-order valence-corrected chi connectivity index (χ3v) is 0.777. The van der Waals surface area contributed by atoms with Crippen LogP contribution in [-0.4, -0.2) is 23.4 Å². The zero-order valence-electron chi connectivity index (χ0n) is 7.43. The third-order valence-electron chi connectivity index (χ3n) is 0.777. The van der Waals surface area contributed by atoms with E-state index in [4.69, 9.17) is 23.3 Å². The van der Waals surface area contributed by atoms with Gasteiger partial charge in [-0.3, -0.25) is 13.9 Å². The predicted octanol–water partition coefficient (Wildman–Crippen LogP) is 0.171. The van der Waals surface area contributed by atoms with Gasteiger partial charge in [-0.05, 0) is 6.42 Å². The lowest BCUT2D eigenvalue weighted by Gasteiger charge is -1.86. The molecule has 0 aliphatic heterocycles. The lowest BCUT2D eigenvalue weighted by molar-refractivity contribution is -0.118. The number of carbonyl (C=O) groups excluding carboxylic acids is 1. The van der Waals surface area contributed by atoms with Crippen molar-refractivity contribution in [1.82, 2.24) is 6.15 Å². The highest BCUT2D eigenvalue weighted by atomic mass is 32.3. The van der Waals surface area contributed by atoms with Gasteiger partial charge in [0.25, 0.3) is 0 Å². The Morgan fingerprint density at radius 1 is 1.38 bits per heavy atom. The summed E-state index contributed by atoms with van der Waals surface area (Å²) >= 11 is 0. The van der Waals surface area contributed by atoms with E-state index in [-0.39, 0.29) is 12.1 Å². The maximum atomic E-state index is 9.98. The average Bonchev–Trinajstić information content (AvgIpc) is 1.79. The van der Waals surface area contributed by atoms with E-state index in [9.17, 15) is 4.79 Å². The minimum atomic E-state index is -4.67. The lowest BCUT2D eigenvalue weighted by atomic mass is 10.2. The SMILES string of the molecule is CCCCC(N)=O.N.O=S(=O)(O)O. The van der Waals surface area contributed by atoms with Gasteiger partial charge in [0.1, 0.15) is 0 Å². The molecular weight excluding hydrogens is 200 g/mol. The third kappa shape index (κ3) is 89.7. The van der Waals surface area contributed by atoms with Crippen molar-refractivity contribution in [2.45, 2.75) is 26.2 Å². The molecule has 8 heteroatoms.